The molecule has 0 rings (SSSR count). The van der Waals surface area contributed by atoms with Crippen LogP contribution in [0.5, 0.6) is 0 Å². The van der Waals surface area contributed by atoms with E-state index >= 15 is 0 Å². The van der Waals surface area contributed by atoms with Gasteiger partial charge in [-0.05, 0) is 19.6 Å². The van der Waals surface area contributed by atoms with Gasteiger partial charge in [0.25, 0.3) is 0 Å². The molecule has 2 nitrogen and oxygen atoms in total. The minimum absolute atomic E-state index is 0.511. The Morgan fingerprint density at radius 2 is 1.54 bits per heavy atom. The van der Waals surface area contributed by atoms with Crippen molar-refractivity contribution in [2.45, 2.75) is 23.4 Å². The van der Waals surface area contributed by atoms with E-state index in [1.807, 2.05) is 14.1 Å². The third-order valence-corrected chi connectivity index (χ3v) is 2.51. The second-order valence-electron chi connectivity index (χ2n) is 4.00. The first-order chi connectivity index (χ1) is 5.54. The monoisotopic (exact) mass is 260 g/mol. The number of rotatable bonds is 1. The Hall–Kier alpha value is 0.557. The maximum Gasteiger partial charge on any atom is 0.246 e. The fourth-order valence-corrected chi connectivity index (χ4v) is 2.58. The Balaban J connectivity index is 4.95. The van der Waals surface area contributed by atoms with Crippen LogP contribution in [0.2, 0.25) is 19.6 Å². The van der Waals surface area contributed by atoms with Crippen molar-refractivity contribution in [3.8, 4) is 0 Å². The molecule has 0 aliphatic heterocycles. The topological polar surface area (TPSA) is 15.6 Å². The van der Waals surface area contributed by atoms with Gasteiger partial charge in [-0.15, -0.1) is 0 Å². The van der Waals surface area contributed by atoms with Crippen molar-refractivity contribution in [3.05, 3.63) is 0 Å². The molecule has 0 aliphatic rings. The van der Waals surface area contributed by atoms with Gasteiger partial charge < -0.3 is 9.56 Å². The molecule has 0 aromatic carbocycles. The first kappa shape index (κ1) is 13.6. The van der Waals surface area contributed by atoms with E-state index in [4.69, 9.17) is 34.8 Å². The van der Waals surface area contributed by atoms with Crippen molar-refractivity contribution in [2.75, 3.05) is 14.1 Å². The van der Waals surface area contributed by atoms with Crippen molar-refractivity contribution in [1.82, 2.24) is 4.90 Å². The summed E-state index contributed by atoms with van der Waals surface area (Å²) in [4.78, 5) is 1.74. The first-order valence-electron chi connectivity index (χ1n) is 3.88. The fraction of sp³-hybridized carbons (Fsp3) is 0.857. The first-order valence-corrected chi connectivity index (χ1v) is 8.46. The third-order valence-electron chi connectivity index (χ3n) is 1.12. The van der Waals surface area contributed by atoms with Gasteiger partial charge in [-0.1, -0.05) is 34.8 Å². The molecule has 0 amide bonds. The van der Waals surface area contributed by atoms with Crippen LogP contribution in [-0.2, 0) is 0 Å². The molecule has 0 saturated carbocycles. The van der Waals surface area contributed by atoms with Crippen LogP contribution in [0, 0.1) is 0 Å². The molecule has 0 spiro atoms. The van der Waals surface area contributed by atoms with Crippen LogP contribution in [0.3, 0.4) is 0 Å². The number of alkyl halides is 3. The molecular weight excluding hydrogens is 247 g/mol. The summed E-state index contributed by atoms with van der Waals surface area (Å²) in [7, 11) is 2.04. The highest BCUT2D eigenvalue weighted by atomic mass is 35.6. The lowest BCUT2D eigenvalue weighted by molar-refractivity contribution is 0.613. The quantitative estimate of drug-likeness (QED) is 0.306. The van der Waals surface area contributed by atoms with Crippen molar-refractivity contribution in [3.63, 3.8) is 0 Å². The van der Waals surface area contributed by atoms with Crippen molar-refractivity contribution in [1.29, 1.82) is 0 Å². The van der Waals surface area contributed by atoms with Gasteiger partial charge in [0.15, 0.2) is 8.24 Å². The van der Waals surface area contributed by atoms with Gasteiger partial charge in [0.2, 0.25) is 3.79 Å². The molecule has 0 unspecified atom stereocenters. The Labute approximate surface area is 96.0 Å². The highest BCUT2D eigenvalue weighted by molar-refractivity contribution is 6.80. The highest BCUT2D eigenvalue weighted by Crippen LogP contribution is 2.29. The van der Waals surface area contributed by atoms with Gasteiger partial charge in [-0.2, -0.15) is 0 Å². The molecule has 0 aliphatic carbocycles. The Kier molecular flexibility index (Phi) is 4.57. The van der Waals surface area contributed by atoms with Crippen LogP contribution in [0.4, 0.5) is 0 Å². The minimum Gasteiger partial charge on any atom is -0.364 e. The molecule has 0 bridgehead atoms. The van der Waals surface area contributed by atoms with E-state index in [0.717, 1.165) is 0 Å². The van der Waals surface area contributed by atoms with E-state index in [-0.39, 0.29) is 0 Å². The van der Waals surface area contributed by atoms with Crippen LogP contribution in [0.25, 0.3) is 0 Å². The molecular formula is C7H15Cl3N2Si. The predicted octanol–water partition coefficient (Wildman–Crippen LogP) is 3.15. The number of halogens is 3. The zero-order valence-corrected chi connectivity index (χ0v) is 11.8. The molecule has 13 heavy (non-hydrogen) atoms. The molecule has 6 heteroatoms. The summed E-state index contributed by atoms with van der Waals surface area (Å²) in [5, 5.41) is 0. The maximum atomic E-state index is 5.78. The number of hydrogen-bond acceptors (Lipinski definition) is 1. The largest absolute Gasteiger partial charge is 0.364 e. The average molecular weight is 262 g/mol. The van der Waals surface area contributed by atoms with E-state index in [2.05, 4.69) is 24.3 Å². The third kappa shape index (κ3) is 5.78. The minimum atomic E-state index is -1.60. The van der Waals surface area contributed by atoms with E-state index in [1.54, 1.807) is 4.90 Å². The fourth-order valence-electron chi connectivity index (χ4n) is 0.735. The second-order valence-corrected chi connectivity index (χ2v) is 10.8. The molecule has 0 radical (unpaired) electrons. The summed E-state index contributed by atoms with van der Waals surface area (Å²) < 4.78 is 3.04. The summed E-state index contributed by atoms with van der Waals surface area (Å²) in [5.74, 6) is 0.511. The van der Waals surface area contributed by atoms with E-state index in [0.29, 0.717) is 5.84 Å². The van der Waals surface area contributed by atoms with Gasteiger partial charge >= 0.3 is 0 Å². The molecule has 0 aromatic heterocycles. The van der Waals surface area contributed by atoms with Gasteiger partial charge in [0.1, 0.15) is 5.84 Å². The van der Waals surface area contributed by atoms with E-state index < -0.39 is 12.0 Å². The smallest absolute Gasteiger partial charge is 0.246 e. The van der Waals surface area contributed by atoms with Gasteiger partial charge in [0.05, 0.1) is 0 Å². The number of nitrogens with zero attached hydrogens (tertiary/aromatic N) is 2. The van der Waals surface area contributed by atoms with Crippen molar-refractivity contribution < 1.29 is 0 Å². The second kappa shape index (κ2) is 4.38. The zero-order chi connectivity index (χ0) is 10.9. The lowest BCUT2D eigenvalue weighted by atomic mass is 10.6. The number of amidine groups is 1. The zero-order valence-electron chi connectivity index (χ0n) is 8.53. The summed E-state index contributed by atoms with van der Waals surface area (Å²) in [5.41, 5.74) is 0. The molecule has 0 N–H and O–H groups in total. The van der Waals surface area contributed by atoms with Gasteiger partial charge in [-0.3, -0.25) is 0 Å². The van der Waals surface area contributed by atoms with Gasteiger partial charge in [0, 0.05) is 14.1 Å². The molecule has 0 aromatic rings. The van der Waals surface area contributed by atoms with Crippen LogP contribution >= 0.6 is 34.8 Å². The summed E-state index contributed by atoms with van der Waals surface area (Å²) in [6.07, 6.45) is 0. The molecule has 0 atom stereocenters. The van der Waals surface area contributed by atoms with Crippen LogP contribution in [0.1, 0.15) is 0 Å². The highest BCUT2D eigenvalue weighted by Gasteiger charge is 2.31. The summed E-state index contributed by atoms with van der Waals surface area (Å²) >= 11 is 17.3. The van der Waals surface area contributed by atoms with Crippen molar-refractivity contribution in [2.24, 2.45) is 4.66 Å². The summed E-state index contributed by atoms with van der Waals surface area (Å²) in [6, 6.07) is 0. The predicted molar refractivity (Wildman–Crippen MR) is 64.8 cm³/mol. The Morgan fingerprint density at radius 3 is 1.62 bits per heavy atom. The van der Waals surface area contributed by atoms with E-state index in [1.165, 1.54) is 0 Å². The average Bonchev–Trinajstić information content (AvgIpc) is 1.77. The SMILES string of the molecule is CN(C)/C(=N\[Si](C)(C)C)C(Cl)(Cl)Cl. The normalized spacial score (nSPS) is 14.6. The van der Waals surface area contributed by atoms with E-state index in [9.17, 15) is 0 Å². The molecule has 0 saturated heterocycles. The van der Waals surface area contributed by atoms with Crippen LogP contribution in [0.15, 0.2) is 4.66 Å². The summed E-state index contributed by atoms with van der Waals surface area (Å²) in [6.45, 7) is 6.27. The number of hydrogen-bond donors (Lipinski definition) is 0. The van der Waals surface area contributed by atoms with Crippen LogP contribution < -0.4 is 0 Å². The Morgan fingerprint density at radius 1 is 1.15 bits per heavy atom. The van der Waals surface area contributed by atoms with Crippen LogP contribution in [-0.4, -0.2) is 36.9 Å². The molecule has 78 valence electrons. The lowest BCUT2D eigenvalue weighted by Crippen LogP contribution is -2.37. The maximum absolute atomic E-state index is 5.78. The lowest BCUT2D eigenvalue weighted by Gasteiger charge is -2.25. The Bertz CT molecular complexity index is 203. The van der Waals surface area contributed by atoms with Crippen molar-refractivity contribution >= 4 is 48.9 Å². The molecule has 0 fully saturated rings. The van der Waals surface area contributed by atoms with Gasteiger partial charge in [-0.25, -0.2) is 0 Å². The molecule has 0 heterocycles. The standard InChI is InChI=1S/C7H15Cl3N2Si/c1-12(2)6(7(8,9)10)11-13(3,4)5/h1-5H3/b11-6-.